The Morgan fingerprint density at radius 2 is 2.06 bits per heavy atom. The first-order chi connectivity index (χ1) is 16.5. The van der Waals surface area contributed by atoms with Gasteiger partial charge in [-0.3, -0.25) is 9.89 Å². The van der Waals surface area contributed by atoms with Crippen molar-refractivity contribution in [1.29, 1.82) is 0 Å². The van der Waals surface area contributed by atoms with Crippen molar-refractivity contribution >= 4 is 45.9 Å². The number of carbonyl (C=O) groups is 1. The molecule has 6 rings (SSSR count). The Bertz CT molecular complexity index is 1390. The topological polar surface area (TPSA) is 124 Å². The summed E-state index contributed by atoms with van der Waals surface area (Å²) < 4.78 is 6.05. The Morgan fingerprint density at radius 1 is 1.18 bits per heavy atom. The lowest BCUT2D eigenvalue weighted by molar-refractivity contribution is -0.120. The highest BCUT2D eigenvalue weighted by molar-refractivity contribution is 6.37. The summed E-state index contributed by atoms with van der Waals surface area (Å²) in [4.78, 5) is 26.2. The van der Waals surface area contributed by atoms with E-state index in [2.05, 4.69) is 35.8 Å². The molecular formula is C23H23ClN8O2. The maximum atomic E-state index is 12.0. The molecule has 0 atom stereocenters. The number of amides is 1. The number of fused-ring (bicyclic) bond motifs is 1. The first kappa shape index (κ1) is 20.8. The Labute approximate surface area is 200 Å². The second kappa shape index (κ2) is 8.21. The fourth-order valence-corrected chi connectivity index (χ4v) is 4.38. The van der Waals surface area contributed by atoms with Gasteiger partial charge in [0.2, 0.25) is 5.91 Å². The summed E-state index contributed by atoms with van der Waals surface area (Å²) in [7, 11) is 0. The van der Waals surface area contributed by atoms with Crippen molar-refractivity contribution in [3.05, 3.63) is 46.7 Å². The van der Waals surface area contributed by atoms with E-state index < -0.39 is 0 Å². The van der Waals surface area contributed by atoms with Crippen LogP contribution < -0.4 is 20.3 Å². The molecule has 0 radical (unpaired) electrons. The Morgan fingerprint density at radius 3 is 2.88 bits per heavy atom. The number of nitrogens with zero attached hydrogens (tertiary/aromatic N) is 4. The van der Waals surface area contributed by atoms with Crippen molar-refractivity contribution in [2.75, 3.05) is 29.9 Å². The second-order valence-corrected chi connectivity index (χ2v) is 9.04. The number of anilines is 3. The highest BCUT2D eigenvalue weighted by atomic mass is 35.5. The maximum Gasteiger partial charge on any atom is 0.325 e. The third-order valence-corrected chi connectivity index (χ3v) is 6.35. The molecular weight excluding hydrogens is 456 g/mol. The average molecular weight is 479 g/mol. The Hall–Kier alpha value is -3.79. The molecule has 0 spiro atoms. The maximum absolute atomic E-state index is 12.0. The number of H-pyrrole nitrogens is 2. The molecule has 4 heterocycles. The van der Waals surface area contributed by atoms with Crippen molar-refractivity contribution in [2.45, 2.75) is 25.7 Å². The van der Waals surface area contributed by atoms with E-state index in [-0.39, 0.29) is 18.5 Å². The Kier molecular flexibility index (Phi) is 5.02. The summed E-state index contributed by atoms with van der Waals surface area (Å²) in [5.74, 6) is 2.70. The lowest BCUT2D eigenvalue weighted by Gasteiger charge is -2.27. The number of hydrogen-bond acceptors (Lipinski definition) is 7. The molecule has 0 bridgehead atoms. The number of nitrogens with one attached hydrogen (secondary N) is 4. The number of piperazine rings is 1. The molecule has 4 aromatic rings. The van der Waals surface area contributed by atoms with Crippen molar-refractivity contribution in [1.82, 2.24) is 30.5 Å². The van der Waals surface area contributed by atoms with Crippen LogP contribution in [0.2, 0.25) is 5.02 Å². The summed E-state index contributed by atoms with van der Waals surface area (Å²) in [6, 6.07) is 9.57. The number of rotatable bonds is 6. The normalized spacial score (nSPS) is 16.1. The van der Waals surface area contributed by atoms with Crippen LogP contribution in [-0.2, 0) is 4.79 Å². The van der Waals surface area contributed by atoms with E-state index in [0.717, 1.165) is 22.3 Å². The van der Waals surface area contributed by atoms with E-state index in [1.165, 1.54) is 12.8 Å². The lowest BCUT2D eigenvalue weighted by Crippen LogP contribution is -2.48. The molecule has 3 aromatic heterocycles. The van der Waals surface area contributed by atoms with E-state index in [1.54, 1.807) is 12.1 Å². The summed E-state index contributed by atoms with van der Waals surface area (Å²) in [6.45, 7) is 3.35. The van der Waals surface area contributed by atoms with Gasteiger partial charge in [0.25, 0.3) is 0 Å². The highest BCUT2D eigenvalue weighted by Crippen LogP contribution is 2.40. The van der Waals surface area contributed by atoms with Crippen LogP contribution in [0.15, 0.2) is 30.3 Å². The summed E-state index contributed by atoms with van der Waals surface area (Å²) in [5.41, 5.74) is 3.05. The molecule has 174 valence electrons. The molecule has 4 N–H and O–H groups in total. The van der Waals surface area contributed by atoms with E-state index in [0.29, 0.717) is 47.2 Å². The van der Waals surface area contributed by atoms with Crippen molar-refractivity contribution < 1.29 is 9.53 Å². The minimum atomic E-state index is -0.0560. The monoisotopic (exact) mass is 478 g/mol. The van der Waals surface area contributed by atoms with Crippen LogP contribution in [0.4, 0.5) is 17.5 Å². The number of hydrogen-bond donors (Lipinski definition) is 4. The molecule has 11 heteroatoms. The molecule has 34 heavy (non-hydrogen) atoms. The molecule has 0 unspecified atom stereocenters. The molecule has 2 fully saturated rings. The van der Waals surface area contributed by atoms with Gasteiger partial charge < -0.3 is 25.3 Å². The summed E-state index contributed by atoms with van der Waals surface area (Å²) in [5, 5.41) is 14.8. The molecule has 1 aliphatic carbocycles. The number of aryl methyl sites for hydroxylation is 1. The van der Waals surface area contributed by atoms with E-state index in [1.807, 2.05) is 30.0 Å². The molecule has 1 amide bonds. The smallest absolute Gasteiger partial charge is 0.325 e. The van der Waals surface area contributed by atoms with Crippen molar-refractivity contribution in [2.24, 2.45) is 0 Å². The third-order valence-electron chi connectivity index (χ3n) is 5.96. The predicted molar refractivity (Wildman–Crippen MR) is 129 cm³/mol. The molecule has 1 aromatic carbocycles. The lowest BCUT2D eigenvalue weighted by atomic mass is 10.2. The first-order valence-corrected chi connectivity index (χ1v) is 11.6. The quantitative estimate of drug-likeness (QED) is 0.330. The fraction of sp³-hybridized carbons (Fsp3) is 0.304. The summed E-state index contributed by atoms with van der Waals surface area (Å²) >= 11 is 6.63. The van der Waals surface area contributed by atoms with Crippen LogP contribution in [0.1, 0.15) is 30.1 Å². The van der Waals surface area contributed by atoms with Crippen LogP contribution >= 0.6 is 11.6 Å². The number of aromatic amines is 2. The summed E-state index contributed by atoms with van der Waals surface area (Å²) in [6.07, 6.45) is 2.36. The van der Waals surface area contributed by atoms with Crippen LogP contribution in [0.25, 0.3) is 10.9 Å². The molecule has 1 saturated carbocycles. The molecule has 1 saturated heterocycles. The number of aromatic nitrogens is 5. The van der Waals surface area contributed by atoms with Gasteiger partial charge >= 0.3 is 6.01 Å². The SMILES string of the molecule is Cc1cc2c(Cl)c(Oc3nc(Nc4cc(C5CC5)[nH]n4)cc(N4CCNC(=O)C4)n3)ccc2[nH]1. The Balaban J connectivity index is 1.34. The number of benzene rings is 1. The van der Waals surface area contributed by atoms with Gasteiger partial charge in [0.15, 0.2) is 5.82 Å². The second-order valence-electron chi connectivity index (χ2n) is 8.67. The van der Waals surface area contributed by atoms with Gasteiger partial charge in [-0.05, 0) is 38.0 Å². The fourth-order valence-electron chi connectivity index (χ4n) is 4.12. The van der Waals surface area contributed by atoms with Crippen LogP contribution in [0.5, 0.6) is 11.8 Å². The third kappa shape index (κ3) is 4.12. The number of carbonyl (C=O) groups excluding carboxylic acids is 1. The van der Waals surface area contributed by atoms with Gasteiger partial charge in [0, 0.05) is 53.4 Å². The molecule has 2 aliphatic rings. The van der Waals surface area contributed by atoms with E-state index in [4.69, 9.17) is 16.3 Å². The van der Waals surface area contributed by atoms with E-state index in [9.17, 15) is 4.79 Å². The molecule has 1 aliphatic heterocycles. The average Bonchev–Trinajstić information content (AvgIpc) is 3.44. The highest BCUT2D eigenvalue weighted by Gasteiger charge is 2.26. The van der Waals surface area contributed by atoms with Gasteiger partial charge in [-0.15, -0.1) is 0 Å². The first-order valence-electron chi connectivity index (χ1n) is 11.2. The van der Waals surface area contributed by atoms with Crippen LogP contribution in [0.3, 0.4) is 0 Å². The van der Waals surface area contributed by atoms with Gasteiger partial charge in [-0.2, -0.15) is 15.1 Å². The largest absolute Gasteiger partial charge is 0.423 e. The molecule has 10 nitrogen and oxygen atoms in total. The van der Waals surface area contributed by atoms with Crippen molar-refractivity contribution in [3.63, 3.8) is 0 Å². The number of halogens is 1. The van der Waals surface area contributed by atoms with Gasteiger partial charge in [0.1, 0.15) is 17.4 Å². The standard InChI is InChI=1S/C23H23ClN8O2/c1-12-8-14-15(26-12)4-5-17(22(14)24)34-23-28-18(27-19-9-16(30-31-19)13-2-3-13)10-20(29-23)32-7-6-25-21(33)11-32/h4-5,8-10,13,26H,2-3,6-7,11H2,1H3,(H,25,33)(H2,27,28,29,30,31). The number of ether oxygens (including phenoxy) is 1. The zero-order chi connectivity index (χ0) is 23.2. The van der Waals surface area contributed by atoms with Crippen molar-refractivity contribution in [3.8, 4) is 11.8 Å². The minimum absolute atomic E-state index is 0.0560. The van der Waals surface area contributed by atoms with Crippen LogP contribution in [-0.4, -0.2) is 50.7 Å². The predicted octanol–water partition coefficient (Wildman–Crippen LogP) is 3.99. The van der Waals surface area contributed by atoms with E-state index >= 15 is 0 Å². The minimum Gasteiger partial charge on any atom is -0.423 e. The zero-order valence-electron chi connectivity index (χ0n) is 18.5. The van der Waals surface area contributed by atoms with Gasteiger partial charge in [-0.25, -0.2) is 0 Å². The van der Waals surface area contributed by atoms with Gasteiger partial charge in [-0.1, -0.05) is 11.6 Å². The van der Waals surface area contributed by atoms with Crippen LogP contribution in [0, 0.1) is 6.92 Å². The zero-order valence-corrected chi connectivity index (χ0v) is 19.2. The van der Waals surface area contributed by atoms with Gasteiger partial charge in [0.05, 0.1) is 11.6 Å².